The molecule has 0 bridgehead atoms. The normalized spacial score (nSPS) is 13.1. The molecule has 1 N–H and O–H groups in total. The van der Waals surface area contributed by atoms with E-state index in [0.29, 0.717) is 13.2 Å². The summed E-state index contributed by atoms with van der Waals surface area (Å²) in [7, 11) is 0. The molecule has 1 amide bonds. The van der Waals surface area contributed by atoms with Gasteiger partial charge in [0.15, 0.2) is 0 Å². The molecule has 1 aromatic heterocycles. The maximum Gasteiger partial charge on any atom is 0.261 e. The molecule has 150 valence electrons. The Hall–Kier alpha value is -2.79. The topological polar surface area (TPSA) is 41.6 Å². The predicted molar refractivity (Wildman–Crippen MR) is 120 cm³/mol. The highest BCUT2D eigenvalue weighted by Gasteiger charge is 2.20. The summed E-state index contributed by atoms with van der Waals surface area (Å²) in [5, 5.41) is 4.18. The smallest absolute Gasteiger partial charge is 0.261 e. The van der Waals surface area contributed by atoms with Crippen LogP contribution in [0.2, 0.25) is 0 Å². The van der Waals surface area contributed by atoms with E-state index < -0.39 is 0 Å². The average Bonchev–Trinajstić information content (AvgIpc) is 3.25. The number of hydrogen-bond acceptors (Lipinski definition) is 4. The first-order valence-electron chi connectivity index (χ1n) is 10.2. The standard InChI is InChI=1S/C24H26N2O2S/c1-2-28-20-11-9-18(10-12-20)15-16-25-24(27)22-13-14-23(29-22)26-17-5-7-19-6-3-4-8-21(19)26/h3-4,6,8-14H,2,5,7,15-17H2,1H3,(H,25,27). The Bertz CT molecular complexity index is 965. The van der Waals surface area contributed by atoms with Gasteiger partial charge < -0.3 is 15.0 Å². The molecule has 1 aliphatic rings. The Kier molecular flexibility index (Phi) is 6.15. The summed E-state index contributed by atoms with van der Waals surface area (Å²) in [6.07, 6.45) is 3.06. The van der Waals surface area contributed by atoms with Gasteiger partial charge in [-0.2, -0.15) is 0 Å². The molecule has 0 aliphatic carbocycles. The molecule has 1 aliphatic heterocycles. The van der Waals surface area contributed by atoms with Crippen molar-refractivity contribution in [2.75, 3.05) is 24.6 Å². The summed E-state index contributed by atoms with van der Waals surface area (Å²) in [6, 6.07) is 20.6. The van der Waals surface area contributed by atoms with Crippen LogP contribution in [-0.2, 0) is 12.8 Å². The van der Waals surface area contributed by atoms with Gasteiger partial charge in [0.1, 0.15) is 5.75 Å². The Morgan fingerprint density at radius 3 is 2.76 bits per heavy atom. The van der Waals surface area contributed by atoms with Crippen LogP contribution < -0.4 is 15.0 Å². The first kappa shape index (κ1) is 19.5. The SMILES string of the molecule is CCOc1ccc(CCNC(=O)c2ccc(N3CCCc4ccccc43)s2)cc1. The first-order chi connectivity index (χ1) is 14.2. The molecule has 3 aromatic rings. The number of aryl methyl sites for hydroxylation is 1. The molecule has 0 radical (unpaired) electrons. The molecular formula is C24H26N2O2S. The zero-order valence-corrected chi connectivity index (χ0v) is 17.5. The minimum absolute atomic E-state index is 0.00233. The van der Waals surface area contributed by atoms with Crippen LogP contribution >= 0.6 is 11.3 Å². The van der Waals surface area contributed by atoms with Gasteiger partial charge in [-0.15, -0.1) is 11.3 Å². The van der Waals surface area contributed by atoms with Crippen molar-refractivity contribution >= 4 is 27.9 Å². The van der Waals surface area contributed by atoms with Crippen molar-refractivity contribution in [1.82, 2.24) is 5.32 Å². The van der Waals surface area contributed by atoms with E-state index in [9.17, 15) is 4.79 Å². The number of rotatable bonds is 7. The van der Waals surface area contributed by atoms with Gasteiger partial charge in [-0.3, -0.25) is 4.79 Å². The predicted octanol–water partition coefficient (Wildman–Crippen LogP) is 5.20. The molecule has 2 aromatic carbocycles. The van der Waals surface area contributed by atoms with E-state index in [4.69, 9.17) is 4.74 Å². The molecule has 4 nitrogen and oxygen atoms in total. The van der Waals surface area contributed by atoms with E-state index in [1.807, 2.05) is 37.3 Å². The van der Waals surface area contributed by atoms with Gasteiger partial charge in [0.05, 0.1) is 16.5 Å². The van der Waals surface area contributed by atoms with Crippen molar-refractivity contribution < 1.29 is 9.53 Å². The molecule has 4 rings (SSSR count). The van der Waals surface area contributed by atoms with E-state index in [0.717, 1.165) is 41.4 Å². The highest BCUT2D eigenvalue weighted by Crippen LogP contribution is 2.37. The van der Waals surface area contributed by atoms with Crippen LogP contribution in [0.5, 0.6) is 5.75 Å². The fourth-order valence-corrected chi connectivity index (χ4v) is 4.65. The molecule has 0 fully saturated rings. The van der Waals surface area contributed by atoms with Crippen LogP contribution in [0.3, 0.4) is 0 Å². The monoisotopic (exact) mass is 406 g/mol. The summed E-state index contributed by atoms with van der Waals surface area (Å²) >= 11 is 1.56. The second kappa shape index (κ2) is 9.14. The van der Waals surface area contributed by atoms with Crippen molar-refractivity contribution in [1.29, 1.82) is 0 Å². The molecule has 29 heavy (non-hydrogen) atoms. The Morgan fingerprint density at radius 1 is 1.10 bits per heavy atom. The first-order valence-corrected chi connectivity index (χ1v) is 11.0. The van der Waals surface area contributed by atoms with Crippen LogP contribution in [0.1, 0.15) is 34.1 Å². The quantitative estimate of drug-likeness (QED) is 0.586. The highest BCUT2D eigenvalue weighted by atomic mass is 32.1. The van der Waals surface area contributed by atoms with Gasteiger partial charge in [0, 0.05) is 18.8 Å². The average molecular weight is 407 g/mol. The number of benzene rings is 2. The number of nitrogens with zero attached hydrogens (tertiary/aromatic N) is 1. The number of hydrogen-bond donors (Lipinski definition) is 1. The minimum Gasteiger partial charge on any atom is -0.494 e. The number of thiophene rings is 1. The number of carbonyl (C=O) groups excluding carboxylic acids is 1. The number of para-hydroxylation sites is 1. The van der Waals surface area contributed by atoms with Crippen LogP contribution in [-0.4, -0.2) is 25.6 Å². The third-order valence-corrected chi connectivity index (χ3v) is 6.23. The molecule has 0 spiro atoms. The molecule has 0 saturated carbocycles. The third-order valence-electron chi connectivity index (χ3n) is 5.13. The van der Waals surface area contributed by atoms with Crippen LogP contribution in [0.4, 0.5) is 10.7 Å². The summed E-state index contributed by atoms with van der Waals surface area (Å²) in [5.74, 6) is 0.878. The van der Waals surface area contributed by atoms with Gasteiger partial charge in [-0.05, 0) is 67.6 Å². The van der Waals surface area contributed by atoms with E-state index >= 15 is 0 Å². The van der Waals surface area contributed by atoms with E-state index in [1.54, 1.807) is 11.3 Å². The zero-order chi connectivity index (χ0) is 20.1. The van der Waals surface area contributed by atoms with Gasteiger partial charge in [0.2, 0.25) is 0 Å². The van der Waals surface area contributed by atoms with Crippen molar-refractivity contribution in [2.24, 2.45) is 0 Å². The second-order valence-corrected chi connectivity index (χ2v) is 8.17. The summed E-state index contributed by atoms with van der Waals surface area (Å²) in [4.78, 5) is 15.7. The third kappa shape index (κ3) is 4.62. The summed E-state index contributed by atoms with van der Waals surface area (Å²) < 4.78 is 5.46. The largest absolute Gasteiger partial charge is 0.494 e. The van der Waals surface area contributed by atoms with Crippen molar-refractivity contribution in [3.8, 4) is 5.75 Å². The van der Waals surface area contributed by atoms with E-state index in [1.165, 1.54) is 16.8 Å². The number of amides is 1. The van der Waals surface area contributed by atoms with E-state index in [2.05, 4.69) is 40.5 Å². The maximum absolute atomic E-state index is 12.6. The number of nitrogens with one attached hydrogen (secondary N) is 1. The Morgan fingerprint density at radius 2 is 1.93 bits per heavy atom. The molecule has 2 heterocycles. The Balaban J connectivity index is 1.34. The molecule has 0 unspecified atom stereocenters. The van der Waals surface area contributed by atoms with E-state index in [-0.39, 0.29) is 5.91 Å². The number of carbonyl (C=O) groups is 1. The molecular weight excluding hydrogens is 380 g/mol. The Labute approximate surface area is 176 Å². The van der Waals surface area contributed by atoms with Crippen molar-refractivity contribution in [3.05, 3.63) is 76.7 Å². The minimum atomic E-state index is -0.00233. The second-order valence-electron chi connectivity index (χ2n) is 7.10. The zero-order valence-electron chi connectivity index (χ0n) is 16.7. The van der Waals surface area contributed by atoms with Crippen LogP contribution in [0.25, 0.3) is 0 Å². The molecule has 0 atom stereocenters. The summed E-state index contributed by atoms with van der Waals surface area (Å²) in [6.45, 7) is 4.26. The lowest BCUT2D eigenvalue weighted by Gasteiger charge is -2.30. The maximum atomic E-state index is 12.6. The van der Waals surface area contributed by atoms with Gasteiger partial charge in [0.25, 0.3) is 5.91 Å². The molecule has 0 saturated heterocycles. The van der Waals surface area contributed by atoms with Crippen LogP contribution in [0, 0.1) is 0 Å². The van der Waals surface area contributed by atoms with Gasteiger partial charge in [-0.25, -0.2) is 0 Å². The molecule has 5 heteroatoms. The number of ether oxygens (including phenoxy) is 1. The van der Waals surface area contributed by atoms with Gasteiger partial charge in [-0.1, -0.05) is 30.3 Å². The summed E-state index contributed by atoms with van der Waals surface area (Å²) in [5.41, 5.74) is 3.84. The lowest BCUT2D eigenvalue weighted by Crippen LogP contribution is -2.25. The fraction of sp³-hybridized carbons (Fsp3) is 0.292. The fourth-order valence-electron chi connectivity index (χ4n) is 3.68. The lowest BCUT2D eigenvalue weighted by molar-refractivity contribution is 0.0958. The van der Waals surface area contributed by atoms with Gasteiger partial charge >= 0.3 is 0 Å². The lowest BCUT2D eigenvalue weighted by atomic mass is 10.0. The number of anilines is 2. The highest BCUT2D eigenvalue weighted by molar-refractivity contribution is 7.18. The van der Waals surface area contributed by atoms with Crippen molar-refractivity contribution in [3.63, 3.8) is 0 Å². The van der Waals surface area contributed by atoms with Crippen molar-refractivity contribution in [2.45, 2.75) is 26.2 Å². The number of fused-ring (bicyclic) bond motifs is 1. The van der Waals surface area contributed by atoms with Crippen LogP contribution in [0.15, 0.2) is 60.7 Å².